The second-order valence-electron chi connectivity index (χ2n) is 6.64. The number of nitrogens with one attached hydrogen (secondary N) is 1. The van der Waals surface area contributed by atoms with E-state index in [0.717, 1.165) is 19.0 Å². The van der Waals surface area contributed by atoms with Crippen LogP contribution in [0.2, 0.25) is 0 Å². The van der Waals surface area contributed by atoms with Crippen LogP contribution in [-0.4, -0.2) is 37.6 Å². The number of nitrogens with zero attached hydrogens (tertiary/aromatic N) is 1. The molecule has 0 heterocycles. The van der Waals surface area contributed by atoms with Crippen molar-refractivity contribution < 1.29 is 0 Å². The molecule has 1 N–H and O–H groups in total. The largest absolute Gasteiger partial charge is 0.315 e. The molecular weight excluding hydrogens is 220 g/mol. The van der Waals surface area contributed by atoms with Crippen LogP contribution >= 0.6 is 0 Å². The van der Waals surface area contributed by atoms with Crippen molar-refractivity contribution in [3.05, 3.63) is 0 Å². The Bertz CT molecular complexity index is 180. The van der Waals surface area contributed by atoms with Crippen molar-refractivity contribution in [3.63, 3.8) is 0 Å². The van der Waals surface area contributed by atoms with E-state index in [-0.39, 0.29) is 0 Å². The predicted molar refractivity (Wildman–Crippen MR) is 83.1 cm³/mol. The summed E-state index contributed by atoms with van der Waals surface area (Å²) < 4.78 is 0. The molecule has 0 spiro atoms. The molecule has 0 unspecified atom stereocenters. The summed E-state index contributed by atoms with van der Waals surface area (Å²) in [4.78, 5) is 2.59. The van der Waals surface area contributed by atoms with Gasteiger partial charge in [-0.3, -0.25) is 0 Å². The summed E-state index contributed by atoms with van der Waals surface area (Å²) >= 11 is 0. The molecule has 0 aromatic carbocycles. The summed E-state index contributed by atoms with van der Waals surface area (Å²) in [6, 6.07) is 0. The maximum Gasteiger partial charge on any atom is 0.0107 e. The van der Waals surface area contributed by atoms with Crippen molar-refractivity contribution >= 4 is 0 Å². The van der Waals surface area contributed by atoms with Crippen LogP contribution in [-0.2, 0) is 0 Å². The molecule has 2 heteroatoms. The van der Waals surface area contributed by atoms with Gasteiger partial charge in [-0.1, -0.05) is 54.4 Å². The minimum atomic E-state index is 0.451. The fourth-order valence-corrected chi connectivity index (χ4v) is 2.12. The highest BCUT2D eigenvalue weighted by Gasteiger charge is 2.10. The minimum absolute atomic E-state index is 0.451. The number of likely N-dealkylation sites (N-methyl/N-ethyl adjacent to an activating group) is 1. The maximum atomic E-state index is 3.57. The summed E-state index contributed by atoms with van der Waals surface area (Å²) in [6.45, 7) is 19.7. The van der Waals surface area contributed by atoms with E-state index in [0.29, 0.717) is 5.41 Å². The average molecular weight is 256 g/mol. The Morgan fingerprint density at radius 1 is 1.00 bits per heavy atom. The van der Waals surface area contributed by atoms with Gasteiger partial charge in [0.25, 0.3) is 0 Å². The molecule has 2 nitrogen and oxygen atoms in total. The molecule has 0 aliphatic rings. The zero-order valence-corrected chi connectivity index (χ0v) is 13.7. The van der Waals surface area contributed by atoms with Crippen LogP contribution < -0.4 is 5.32 Å². The first-order valence-electron chi connectivity index (χ1n) is 7.86. The lowest BCUT2D eigenvalue weighted by molar-refractivity contribution is 0.232. The van der Waals surface area contributed by atoms with Crippen LogP contribution in [0.25, 0.3) is 0 Å². The Hall–Kier alpha value is -0.0800. The minimum Gasteiger partial charge on any atom is -0.315 e. The maximum absolute atomic E-state index is 3.57. The first-order valence-corrected chi connectivity index (χ1v) is 7.86. The van der Waals surface area contributed by atoms with Crippen molar-refractivity contribution in [2.75, 3.05) is 32.7 Å². The number of rotatable bonds is 10. The Balaban J connectivity index is 3.68. The lowest BCUT2D eigenvalue weighted by atomic mass is 9.92. The quantitative estimate of drug-likeness (QED) is 0.599. The molecule has 0 fully saturated rings. The van der Waals surface area contributed by atoms with Crippen molar-refractivity contribution in [3.8, 4) is 0 Å². The van der Waals surface area contributed by atoms with E-state index >= 15 is 0 Å². The van der Waals surface area contributed by atoms with Crippen molar-refractivity contribution in [1.29, 1.82) is 0 Å². The van der Waals surface area contributed by atoms with E-state index in [4.69, 9.17) is 0 Å². The smallest absolute Gasteiger partial charge is 0.0107 e. The zero-order valence-electron chi connectivity index (χ0n) is 13.7. The molecule has 0 aliphatic heterocycles. The van der Waals surface area contributed by atoms with Gasteiger partial charge < -0.3 is 10.2 Å². The Morgan fingerprint density at radius 3 is 2.06 bits per heavy atom. The van der Waals surface area contributed by atoms with Crippen molar-refractivity contribution in [2.24, 2.45) is 11.3 Å². The topological polar surface area (TPSA) is 15.3 Å². The van der Waals surface area contributed by atoms with Crippen LogP contribution in [0.1, 0.15) is 60.8 Å². The molecule has 0 atom stereocenters. The van der Waals surface area contributed by atoms with Gasteiger partial charge in [0, 0.05) is 19.6 Å². The van der Waals surface area contributed by atoms with Crippen LogP contribution in [0.3, 0.4) is 0 Å². The van der Waals surface area contributed by atoms with Crippen LogP contribution in [0, 0.1) is 11.3 Å². The van der Waals surface area contributed by atoms with Gasteiger partial charge in [-0.15, -0.1) is 0 Å². The summed E-state index contributed by atoms with van der Waals surface area (Å²) in [5.74, 6) is 0.875. The summed E-state index contributed by atoms with van der Waals surface area (Å²) in [6.07, 6.45) is 3.88. The van der Waals surface area contributed by atoms with Crippen LogP contribution in [0.4, 0.5) is 0 Å². The summed E-state index contributed by atoms with van der Waals surface area (Å²) in [5, 5.41) is 3.57. The van der Waals surface area contributed by atoms with Crippen molar-refractivity contribution in [1.82, 2.24) is 10.2 Å². The molecule has 0 aromatic heterocycles. The van der Waals surface area contributed by atoms with Crippen molar-refractivity contribution in [2.45, 2.75) is 60.8 Å². The van der Waals surface area contributed by atoms with Gasteiger partial charge in [-0.25, -0.2) is 0 Å². The zero-order chi connectivity index (χ0) is 14.0. The van der Waals surface area contributed by atoms with Gasteiger partial charge in [-0.05, 0) is 30.8 Å². The third-order valence-corrected chi connectivity index (χ3v) is 3.77. The van der Waals surface area contributed by atoms with E-state index < -0.39 is 0 Å². The Kier molecular flexibility index (Phi) is 9.76. The Morgan fingerprint density at radius 2 is 1.61 bits per heavy atom. The molecule has 0 aromatic rings. The van der Waals surface area contributed by atoms with Crippen LogP contribution in [0.5, 0.6) is 0 Å². The Labute approximate surface area is 116 Å². The van der Waals surface area contributed by atoms with Gasteiger partial charge in [0.1, 0.15) is 0 Å². The molecule has 0 radical (unpaired) electrons. The van der Waals surface area contributed by atoms with E-state index in [1.54, 1.807) is 0 Å². The molecule has 18 heavy (non-hydrogen) atoms. The lowest BCUT2D eigenvalue weighted by Gasteiger charge is -2.25. The third-order valence-electron chi connectivity index (χ3n) is 3.77. The first-order chi connectivity index (χ1) is 8.42. The third kappa shape index (κ3) is 9.90. The standard InChI is InChI=1S/C16H36N2/c1-7-15(8-2)14-18(9-3)13-12-17-11-10-16(4,5)6/h15,17H,7-14H2,1-6H3. The molecule has 0 aliphatic carbocycles. The fraction of sp³-hybridized carbons (Fsp3) is 1.00. The van der Waals surface area contributed by atoms with Gasteiger partial charge >= 0.3 is 0 Å². The SMILES string of the molecule is CCC(CC)CN(CC)CCNCCC(C)(C)C. The van der Waals surface area contributed by atoms with Gasteiger partial charge in [-0.2, -0.15) is 0 Å². The predicted octanol–water partition coefficient (Wildman–Crippen LogP) is 3.77. The summed E-state index contributed by atoms with van der Waals surface area (Å²) in [5.41, 5.74) is 0.451. The normalized spacial score (nSPS) is 12.7. The molecular formula is C16H36N2. The highest BCUT2D eigenvalue weighted by Crippen LogP contribution is 2.16. The van der Waals surface area contributed by atoms with E-state index in [1.165, 1.54) is 38.9 Å². The van der Waals surface area contributed by atoms with E-state index in [9.17, 15) is 0 Å². The first kappa shape index (κ1) is 17.9. The number of hydrogen-bond acceptors (Lipinski definition) is 2. The van der Waals surface area contributed by atoms with Gasteiger partial charge in [0.2, 0.25) is 0 Å². The van der Waals surface area contributed by atoms with Crippen LogP contribution in [0.15, 0.2) is 0 Å². The number of hydrogen-bond donors (Lipinski definition) is 1. The highest BCUT2D eigenvalue weighted by molar-refractivity contribution is 4.66. The highest BCUT2D eigenvalue weighted by atomic mass is 15.1. The average Bonchev–Trinajstić information content (AvgIpc) is 2.31. The molecule has 0 rings (SSSR count). The van der Waals surface area contributed by atoms with E-state index in [1.807, 2.05) is 0 Å². The van der Waals surface area contributed by atoms with Gasteiger partial charge in [0.15, 0.2) is 0 Å². The van der Waals surface area contributed by atoms with E-state index in [2.05, 4.69) is 51.8 Å². The molecule has 0 bridgehead atoms. The monoisotopic (exact) mass is 256 g/mol. The fourth-order valence-electron chi connectivity index (χ4n) is 2.12. The molecule has 0 amide bonds. The molecule has 110 valence electrons. The van der Waals surface area contributed by atoms with Gasteiger partial charge in [0.05, 0.1) is 0 Å². The molecule has 0 saturated heterocycles. The summed E-state index contributed by atoms with van der Waals surface area (Å²) in [7, 11) is 0. The second kappa shape index (κ2) is 9.80. The lowest BCUT2D eigenvalue weighted by Crippen LogP contribution is -2.36. The second-order valence-corrected chi connectivity index (χ2v) is 6.64. The molecule has 0 saturated carbocycles.